The maximum atomic E-state index is 5.07. The summed E-state index contributed by atoms with van der Waals surface area (Å²) >= 11 is 0. The van der Waals surface area contributed by atoms with Gasteiger partial charge in [-0.1, -0.05) is 6.08 Å². The minimum Gasteiger partial charge on any atom is -0.390 e. The van der Waals surface area contributed by atoms with E-state index in [4.69, 9.17) is 4.74 Å². The van der Waals surface area contributed by atoms with Crippen molar-refractivity contribution in [2.45, 2.75) is 0 Å². The van der Waals surface area contributed by atoms with Crippen LogP contribution in [0.1, 0.15) is 0 Å². The molecule has 0 aromatic rings. The van der Waals surface area contributed by atoms with Gasteiger partial charge in [0.15, 0.2) is 0 Å². The second kappa shape index (κ2) is 1.26. The fourth-order valence-corrected chi connectivity index (χ4v) is 1.12. The molecular weight excluding hydrogens is 102 g/mol. The van der Waals surface area contributed by atoms with Gasteiger partial charge in [0.1, 0.15) is 0 Å². The number of rotatable bonds is 0. The van der Waals surface area contributed by atoms with E-state index in [1.54, 1.807) is 0 Å². The number of nitrogens with one attached hydrogen (secondary N) is 1. The summed E-state index contributed by atoms with van der Waals surface area (Å²) < 4.78 is 5.07. The van der Waals surface area contributed by atoms with Crippen molar-refractivity contribution in [3.63, 3.8) is 0 Å². The highest BCUT2D eigenvalue weighted by atomic mass is 16.5. The van der Waals surface area contributed by atoms with Crippen LogP contribution in [0.3, 0.4) is 0 Å². The maximum absolute atomic E-state index is 5.07. The quantitative estimate of drug-likeness (QED) is 0.479. The van der Waals surface area contributed by atoms with Gasteiger partial charge in [0.05, 0.1) is 18.6 Å². The molecular formula is C6H9NO. The summed E-state index contributed by atoms with van der Waals surface area (Å²) in [5, 5.41) is 3.15. The summed E-state index contributed by atoms with van der Waals surface area (Å²) in [5.74, 6) is 0. The van der Waals surface area contributed by atoms with Crippen LogP contribution in [0, 0.1) is 5.41 Å². The predicted molar refractivity (Wildman–Crippen MR) is 30.4 cm³/mol. The largest absolute Gasteiger partial charge is 0.390 e. The molecule has 0 aliphatic carbocycles. The molecule has 1 N–H and O–H groups in total. The smallest absolute Gasteiger partial charge is 0.0597 e. The molecule has 2 aliphatic rings. The first kappa shape index (κ1) is 4.39. The van der Waals surface area contributed by atoms with Crippen molar-refractivity contribution in [2.24, 2.45) is 5.41 Å². The zero-order valence-electron chi connectivity index (χ0n) is 4.68. The predicted octanol–water partition coefficient (Wildman–Crippen LogP) is 0.120. The molecule has 2 heteroatoms. The zero-order valence-corrected chi connectivity index (χ0v) is 4.68. The Kier molecular flexibility index (Phi) is 0.690. The molecule has 0 amide bonds. The summed E-state index contributed by atoms with van der Waals surface area (Å²) in [4.78, 5) is 0. The van der Waals surface area contributed by atoms with E-state index in [1.807, 2.05) is 6.20 Å². The first-order chi connectivity index (χ1) is 3.91. The fraction of sp³-hybridized carbons (Fsp3) is 0.667. The summed E-state index contributed by atoms with van der Waals surface area (Å²) in [6.07, 6.45) is 4.22. The minimum absolute atomic E-state index is 0.403. The van der Waals surface area contributed by atoms with Gasteiger partial charge in [-0.2, -0.15) is 0 Å². The summed E-state index contributed by atoms with van der Waals surface area (Å²) in [7, 11) is 0. The summed E-state index contributed by atoms with van der Waals surface area (Å²) in [6, 6.07) is 0. The topological polar surface area (TPSA) is 21.3 Å². The molecule has 0 radical (unpaired) electrons. The van der Waals surface area contributed by atoms with E-state index in [9.17, 15) is 0 Å². The molecule has 0 aromatic heterocycles. The molecule has 0 aromatic carbocycles. The van der Waals surface area contributed by atoms with Gasteiger partial charge in [0, 0.05) is 6.54 Å². The van der Waals surface area contributed by atoms with Gasteiger partial charge in [-0.15, -0.1) is 0 Å². The Hall–Kier alpha value is -0.500. The standard InChI is InChI=1S/C6H9NO/c1-2-7-3-6(1)4-8-5-6/h1-2,7H,3-5H2. The van der Waals surface area contributed by atoms with Gasteiger partial charge in [-0.25, -0.2) is 0 Å². The molecule has 0 bridgehead atoms. The third-order valence-corrected chi connectivity index (χ3v) is 1.79. The van der Waals surface area contributed by atoms with E-state index >= 15 is 0 Å². The summed E-state index contributed by atoms with van der Waals surface area (Å²) in [5.41, 5.74) is 0.403. The van der Waals surface area contributed by atoms with Crippen molar-refractivity contribution in [1.82, 2.24) is 5.32 Å². The van der Waals surface area contributed by atoms with Crippen molar-refractivity contribution >= 4 is 0 Å². The lowest BCUT2D eigenvalue weighted by molar-refractivity contribution is -0.0744. The second-order valence-electron chi connectivity index (χ2n) is 2.57. The lowest BCUT2D eigenvalue weighted by atomic mass is 9.88. The van der Waals surface area contributed by atoms with E-state index < -0.39 is 0 Å². The highest BCUT2D eigenvalue weighted by molar-refractivity contribution is 5.10. The molecule has 2 rings (SSSR count). The maximum Gasteiger partial charge on any atom is 0.0597 e. The van der Waals surface area contributed by atoms with Crippen molar-refractivity contribution < 1.29 is 4.74 Å². The van der Waals surface area contributed by atoms with Crippen LogP contribution in [0.2, 0.25) is 0 Å². The molecule has 2 aliphatic heterocycles. The Morgan fingerprint density at radius 1 is 1.50 bits per heavy atom. The molecule has 0 atom stereocenters. The molecule has 2 heterocycles. The Labute approximate surface area is 48.5 Å². The van der Waals surface area contributed by atoms with Crippen molar-refractivity contribution in [3.05, 3.63) is 12.3 Å². The van der Waals surface area contributed by atoms with E-state index in [0.29, 0.717) is 5.41 Å². The van der Waals surface area contributed by atoms with Gasteiger partial charge in [0.25, 0.3) is 0 Å². The van der Waals surface area contributed by atoms with Crippen LogP contribution >= 0.6 is 0 Å². The number of ether oxygens (including phenoxy) is 1. The fourth-order valence-electron chi connectivity index (χ4n) is 1.12. The number of hydrogen-bond donors (Lipinski definition) is 1. The minimum atomic E-state index is 0.403. The normalized spacial score (nSPS) is 30.0. The van der Waals surface area contributed by atoms with Crippen molar-refractivity contribution in [1.29, 1.82) is 0 Å². The zero-order chi connectivity index (χ0) is 5.45. The Balaban J connectivity index is 2.13. The molecule has 2 nitrogen and oxygen atoms in total. The van der Waals surface area contributed by atoms with Crippen LogP contribution in [0.4, 0.5) is 0 Å². The second-order valence-corrected chi connectivity index (χ2v) is 2.57. The van der Waals surface area contributed by atoms with Crippen LogP contribution in [-0.4, -0.2) is 19.8 Å². The van der Waals surface area contributed by atoms with Gasteiger partial charge >= 0.3 is 0 Å². The van der Waals surface area contributed by atoms with Crippen LogP contribution < -0.4 is 5.32 Å². The third kappa shape index (κ3) is 0.409. The molecule has 0 saturated carbocycles. The Morgan fingerprint density at radius 2 is 2.38 bits per heavy atom. The van der Waals surface area contributed by atoms with Gasteiger partial charge < -0.3 is 10.1 Å². The van der Waals surface area contributed by atoms with Crippen LogP contribution in [-0.2, 0) is 4.74 Å². The Bertz CT molecular complexity index is 126. The SMILES string of the molecule is C1=CC2(CN1)COC2. The molecule has 1 fully saturated rings. The van der Waals surface area contributed by atoms with Gasteiger partial charge in [0.2, 0.25) is 0 Å². The molecule has 8 heavy (non-hydrogen) atoms. The Morgan fingerprint density at radius 3 is 2.62 bits per heavy atom. The van der Waals surface area contributed by atoms with Gasteiger partial charge in [-0.05, 0) is 6.20 Å². The van der Waals surface area contributed by atoms with E-state index in [1.165, 1.54) is 0 Å². The molecule has 0 unspecified atom stereocenters. The lowest BCUT2D eigenvalue weighted by Crippen LogP contribution is -2.43. The number of hydrogen-bond acceptors (Lipinski definition) is 2. The van der Waals surface area contributed by atoms with E-state index in [-0.39, 0.29) is 0 Å². The van der Waals surface area contributed by atoms with Crippen LogP contribution in [0.15, 0.2) is 12.3 Å². The highest BCUT2D eigenvalue weighted by Gasteiger charge is 2.37. The van der Waals surface area contributed by atoms with Crippen molar-refractivity contribution in [2.75, 3.05) is 19.8 Å². The van der Waals surface area contributed by atoms with Gasteiger partial charge in [-0.3, -0.25) is 0 Å². The third-order valence-electron chi connectivity index (χ3n) is 1.79. The monoisotopic (exact) mass is 111 g/mol. The molecule has 44 valence electrons. The van der Waals surface area contributed by atoms with Crippen LogP contribution in [0.5, 0.6) is 0 Å². The van der Waals surface area contributed by atoms with Crippen molar-refractivity contribution in [3.8, 4) is 0 Å². The summed E-state index contributed by atoms with van der Waals surface area (Å²) in [6.45, 7) is 2.90. The van der Waals surface area contributed by atoms with E-state index in [2.05, 4.69) is 11.4 Å². The van der Waals surface area contributed by atoms with Crippen LogP contribution in [0.25, 0.3) is 0 Å². The lowest BCUT2D eigenvalue weighted by Gasteiger charge is -2.35. The van der Waals surface area contributed by atoms with E-state index in [0.717, 1.165) is 19.8 Å². The average molecular weight is 111 g/mol. The average Bonchev–Trinajstić information content (AvgIpc) is 2.07. The highest BCUT2D eigenvalue weighted by Crippen LogP contribution is 2.30. The molecule has 1 saturated heterocycles. The first-order valence-corrected chi connectivity index (χ1v) is 2.90. The first-order valence-electron chi connectivity index (χ1n) is 2.90. The molecule has 1 spiro atoms.